The number of halogens is 1. The van der Waals surface area contributed by atoms with E-state index in [9.17, 15) is 9.50 Å². The van der Waals surface area contributed by atoms with Crippen LogP contribution in [-0.4, -0.2) is 18.7 Å². The molecule has 0 saturated carbocycles. The van der Waals surface area contributed by atoms with Gasteiger partial charge in [-0.1, -0.05) is 24.3 Å². The Morgan fingerprint density at radius 1 is 1.15 bits per heavy atom. The average molecular weight is 271 g/mol. The standard InChI is InChI=1S/C17H18FNO/c1-19-9-3-5-12-10-14(7-8-16(12)19)17(20)13-4-2-6-15(18)11-13/h2,4,6-8,10-11,17,20H,3,5,9H2,1H3. The lowest BCUT2D eigenvalue weighted by molar-refractivity contribution is 0.219. The van der Waals surface area contributed by atoms with Gasteiger partial charge in [-0.15, -0.1) is 0 Å². The summed E-state index contributed by atoms with van der Waals surface area (Å²) in [6.45, 7) is 1.07. The Morgan fingerprint density at radius 2 is 1.95 bits per heavy atom. The van der Waals surface area contributed by atoms with Gasteiger partial charge in [0, 0.05) is 19.3 Å². The fourth-order valence-electron chi connectivity index (χ4n) is 2.84. The molecule has 3 heteroatoms. The van der Waals surface area contributed by atoms with Crippen molar-refractivity contribution in [3.63, 3.8) is 0 Å². The lowest BCUT2D eigenvalue weighted by Crippen LogP contribution is -2.24. The van der Waals surface area contributed by atoms with E-state index < -0.39 is 6.10 Å². The van der Waals surface area contributed by atoms with E-state index in [1.807, 2.05) is 18.2 Å². The van der Waals surface area contributed by atoms with E-state index in [2.05, 4.69) is 11.9 Å². The van der Waals surface area contributed by atoms with Gasteiger partial charge in [0.2, 0.25) is 0 Å². The molecule has 104 valence electrons. The highest BCUT2D eigenvalue weighted by Gasteiger charge is 2.17. The van der Waals surface area contributed by atoms with E-state index in [1.165, 1.54) is 23.4 Å². The van der Waals surface area contributed by atoms with Crippen LogP contribution in [0.15, 0.2) is 42.5 Å². The van der Waals surface area contributed by atoms with Crippen molar-refractivity contribution in [2.24, 2.45) is 0 Å². The molecule has 0 saturated heterocycles. The first-order valence-corrected chi connectivity index (χ1v) is 6.92. The number of hydrogen-bond acceptors (Lipinski definition) is 2. The van der Waals surface area contributed by atoms with Crippen LogP contribution < -0.4 is 4.90 Å². The van der Waals surface area contributed by atoms with Crippen LogP contribution >= 0.6 is 0 Å². The zero-order valence-electron chi connectivity index (χ0n) is 11.5. The fourth-order valence-corrected chi connectivity index (χ4v) is 2.84. The molecule has 0 fully saturated rings. The SMILES string of the molecule is CN1CCCc2cc(C(O)c3cccc(F)c3)ccc21. The Labute approximate surface area is 118 Å². The normalized spacial score (nSPS) is 15.8. The summed E-state index contributed by atoms with van der Waals surface area (Å²) in [6, 6.07) is 12.2. The van der Waals surface area contributed by atoms with Gasteiger partial charge in [-0.2, -0.15) is 0 Å². The quantitative estimate of drug-likeness (QED) is 0.906. The predicted molar refractivity (Wildman–Crippen MR) is 78.5 cm³/mol. The fraction of sp³-hybridized carbons (Fsp3) is 0.294. The van der Waals surface area contributed by atoms with Crippen LogP contribution in [0.2, 0.25) is 0 Å². The third-order valence-corrected chi connectivity index (χ3v) is 3.93. The van der Waals surface area contributed by atoms with Gasteiger partial charge in [0.15, 0.2) is 0 Å². The summed E-state index contributed by atoms with van der Waals surface area (Å²) < 4.78 is 13.2. The Kier molecular flexibility index (Phi) is 3.45. The number of aryl methyl sites for hydroxylation is 1. The van der Waals surface area contributed by atoms with Crippen LogP contribution in [0.4, 0.5) is 10.1 Å². The zero-order chi connectivity index (χ0) is 14.1. The minimum atomic E-state index is -0.775. The largest absolute Gasteiger partial charge is 0.384 e. The van der Waals surface area contributed by atoms with Crippen molar-refractivity contribution in [3.8, 4) is 0 Å². The van der Waals surface area contributed by atoms with Crippen molar-refractivity contribution >= 4 is 5.69 Å². The molecule has 1 aliphatic rings. The number of fused-ring (bicyclic) bond motifs is 1. The van der Waals surface area contributed by atoms with Gasteiger partial charge in [-0.05, 0) is 47.7 Å². The second-order valence-corrected chi connectivity index (χ2v) is 5.37. The van der Waals surface area contributed by atoms with Gasteiger partial charge >= 0.3 is 0 Å². The molecule has 1 aliphatic heterocycles. The summed E-state index contributed by atoms with van der Waals surface area (Å²) in [7, 11) is 2.08. The Bertz CT molecular complexity index is 626. The second kappa shape index (κ2) is 5.25. The van der Waals surface area contributed by atoms with Crippen molar-refractivity contribution in [1.82, 2.24) is 0 Å². The lowest BCUT2D eigenvalue weighted by atomic mass is 9.95. The minimum absolute atomic E-state index is 0.320. The first-order chi connectivity index (χ1) is 9.65. The van der Waals surface area contributed by atoms with Gasteiger partial charge in [0.05, 0.1) is 0 Å². The highest BCUT2D eigenvalue weighted by atomic mass is 19.1. The number of aliphatic hydroxyl groups is 1. The van der Waals surface area contributed by atoms with Crippen molar-refractivity contribution < 1.29 is 9.50 Å². The molecule has 1 unspecified atom stereocenters. The van der Waals surface area contributed by atoms with Crippen LogP contribution in [0.1, 0.15) is 29.2 Å². The number of rotatable bonds is 2. The Hall–Kier alpha value is -1.87. The van der Waals surface area contributed by atoms with E-state index in [1.54, 1.807) is 12.1 Å². The van der Waals surface area contributed by atoms with Crippen LogP contribution in [0.25, 0.3) is 0 Å². The molecule has 0 aliphatic carbocycles. The molecule has 0 amide bonds. The number of benzene rings is 2. The first kappa shape index (κ1) is 13.1. The van der Waals surface area contributed by atoms with Crippen molar-refractivity contribution in [3.05, 3.63) is 65.0 Å². The number of anilines is 1. The summed E-state index contributed by atoms with van der Waals surface area (Å²) in [5, 5.41) is 10.4. The molecule has 2 aromatic carbocycles. The van der Waals surface area contributed by atoms with Crippen LogP contribution in [0.3, 0.4) is 0 Å². The van der Waals surface area contributed by atoms with Gasteiger partial charge in [-0.25, -0.2) is 4.39 Å². The lowest BCUT2D eigenvalue weighted by Gasteiger charge is -2.28. The molecule has 20 heavy (non-hydrogen) atoms. The molecule has 0 aromatic heterocycles. The highest BCUT2D eigenvalue weighted by molar-refractivity contribution is 5.57. The first-order valence-electron chi connectivity index (χ1n) is 6.92. The molecule has 1 heterocycles. The molecule has 0 bridgehead atoms. The average Bonchev–Trinajstić information content (AvgIpc) is 2.46. The maximum Gasteiger partial charge on any atom is 0.123 e. The second-order valence-electron chi connectivity index (χ2n) is 5.37. The van der Waals surface area contributed by atoms with Crippen molar-refractivity contribution in [2.75, 3.05) is 18.5 Å². The monoisotopic (exact) mass is 271 g/mol. The van der Waals surface area contributed by atoms with Gasteiger partial charge in [-0.3, -0.25) is 0 Å². The van der Waals surface area contributed by atoms with Crippen LogP contribution in [0, 0.1) is 5.82 Å². The maximum absolute atomic E-state index is 13.2. The molecular weight excluding hydrogens is 253 g/mol. The summed E-state index contributed by atoms with van der Waals surface area (Å²) >= 11 is 0. The molecule has 0 radical (unpaired) electrons. The van der Waals surface area contributed by atoms with Crippen LogP contribution in [-0.2, 0) is 6.42 Å². The minimum Gasteiger partial charge on any atom is -0.384 e. The third kappa shape index (κ3) is 2.41. The number of aliphatic hydroxyl groups excluding tert-OH is 1. The molecule has 2 nitrogen and oxygen atoms in total. The Balaban J connectivity index is 1.94. The number of nitrogens with zero attached hydrogens (tertiary/aromatic N) is 1. The van der Waals surface area contributed by atoms with E-state index in [-0.39, 0.29) is 5.82 Å². The molecule has 0 spiro atoms. The van der Waals surface area contributed by atoms with Gasteiger partial charge < -0.3 is 10.0 Å². The van der Waals surface area contributed by atoms with E-state index in [0.29, 0.717) is 5.56 Å². The summed E-state index contributed by atoms with van der Waals surface area (Å²) in [6.07, 6.45) is 1.38. The zero-order valence-corrected chi connectivity index (χ0v) is 11.5. The van der Waals surface area contributed by atoms with Crippen LogP contribution in [0.5, 0.6) is 0 Å². The number of hydrogen-bond donors (Lipinski definition) is 1. The molecule has 3 rings (SSSR count). The highest BCUT2D eigenvalue weighted by Crippen LogP contribution is 2.30. The predicted octanol–water partition coefficient (Wildman–Crippen LogP) is 3.29. The van der Waals surface area contributed by atoms with Crippen molar-refractivity contribution in [2.45, 2.75) is 18.9 Å². The third-order valence-electron chi connectivity index (χ3n) is 3.93. The van der Waals surface area contributed by atoms with E-state index in [4.69, 9.17) is 0 Å². The Morgan fingerprint density at radius 3 is 2.75 bits per heavy atom. The summed E-state index contributed by atoms with van der Waals surface area (Å²) in [4.78, 5) is 2.23. The van der Waals surface area contributed by atoms with Crippen molar-refractivity contribution in [1.29, 1.82) is 0 Å². The van der Waals surface area contributed by atoms with E-state index >= 15 is 0 Å². The summed E-state index contributed by atoms with van der Waals surface area (Å²) in [5.74, 6) is -0.320. The molecular formula is C17H18FNO. The molecule has 1 N–H and O–H groups in total. The molecule has 1 atom stereocenters. The van der Waals surface area contributed by atoms with Gasteiger partial charge in [0.1, 0.15) is 11.9 Å². The van der Waals surface area contributed by atoms with E-state index in [0.717, 1.165) is 24.9 Å². The van der Waals surface area contributed by atoms with Gasteiger partial charge in [0.25, 0.3) is 0 Å². The summed E-state index contributed by atoms with van der Waals surface area (Å²) in [5.41, 5.74) is 3.90. The maximum atomic E-state index is 13.2. The molecule has 2 aromatic rings. The smallest absolute Gasteiger partial charge is 0.123 e. The topological polar surface area (TPSA) is 23.5 Å².